The van der Waals surface area contributed by atoms with Gasteiger partial charge in [-0.1, -0.05) is 0 Å². The van der Waals surface area contributed by atoms with E-state index in [1.807, 2.05) is 0 Å². The molecule has 0 heterocycles. The molecule has 0 fully saturated rings. The second-order valence-corrected chi connectivity index (χ2v) is 0. The summed E-state index contributed by atoms with van der Waals surface area (Å²) in [5.41, 5.74) is 0. The minimum Gasteiger partial charge on any atom is -2.00 e. The van der Waals surface area contributed by atoms with Gasteiger partial charge in [-0.3, -0.25) is 0 Å². The summed E-state index contributed by atoms with van der Waals surface area (Å²) in [5, 5.41) is 0. The van der Waals surface area contributed by atoms with Gasteiger partial charge in [-0.05, 0) is 0 Å². The Balaban J connectivity index is 0. The molecule has 8 valence electrons. The monoisotopic (exact) mass is 179 g/mol. The summed E-state index contributed by atoms with van der Waals surface area (Å²) < 4.78 is 0. The molecule has 0 aromatic heterocycles. The molecule has 0 spiro atoms. The minimum atomic E-state index is 0. The fraction of sp³-hybridized carbons (Fsp3) is 0. The third-order valence-electron chi connectivity index (χ3n) is 0. The summed E-state index contributed by atoms with van der Waals surface area (Å²) in [6.07, 6.45) is 0. The van der Waals surface area contributed by atoms with E-state index in [1.165, 1.54) is 0 Å². The van der Waals surface area contributed by atoms with Crippen LogP contribution in [0.1, 0.15) is 0 Å². The molecule has 1 nitrogen and oxygen atoms in total. The van der Waals surface area contributed by atoms with Crippen molar-refractivity contribution < 1.29 is 27.2 Å². The van der Waals surface area contributed by atoms with E-state index in [1.54, 1.807) is 0 Å². The Labute approximate surface area is 88.1 Å². The van der Waals surface area contributed by atoms with E-state index in [-0.39, 0.29) is 90.0 Å². The molecule has 0 saturated carbocycles. The van der Waals surface area contributed by atoms with E-state index in [2.05, 4.69) is 0 Å². The van der Waals surface area contributed by atoms with Gasteiger partial charge in [0, 0.05) is 0 Å². The quantitative estimate of drug-likeness (QED) is 0.431. The van der Waals surface area contributed by atoms with Crippen molar-refractivity contribution in [2.24, 2.45) is 0 Å². The van der Waals surface area contributed by atoms with Crippen molar-refractivity contribution in [3.05, 3.63) is 0 Å². The Kier molecular flexibility index (Phi) is 130. The maximum Gasteiger partial charge on any atom is 4.00 e. The first-order chi connectivity index (χ1) is 0. The van der Waals surface area contributed by atoms with Crippen LogP contribution in [0.3, 0.4) is 0 Å². The second kappa shape index (κ2) is 17.3. The number of hydrogen-bond acceptors (Lipinski definition) is 0. The predicted molar refractivity (Wildman–Crippen MR) is 12.2 cm³/mol. The molecule has 0 radical (unpaired) electrons. The molecule has 0 atom stereocenters. The molecule has 0 saturated heterocycles. The van der Waals surface area contributed by atoms with Crippen LogP contribution in [-0.4, -0.2) is 62.8 Å². The first-order valence-corrected chi connectivity index (χ1v) is 0. The SMILES string of the molecule is [Al+3].[O-2].[Sr+2].[Ti+4]. The summed E-state index contributed by atoms with van der Waals surface area (Å²) in [5.74, 6) is 0. The van der Waals surface area contributed by atoms with Crippen LogP contribution in [0.5, 0.6) is 0 Å². The molecule has 4 heteroatoms. The predicted octanol–water partition coefficient (Wildman–Crippen LogP) is -0.883. The zero-order chi connectivity index (χ0) is 0. The van der Waals surface area contributed by atoms with E-state index >= 15 is 0 Å². The molecular formula is AlOSrTi+7. The molecule has 0 rings (SSSR count). The van der Waals surface area contributed by atoms with Crippen LogP contribution in [0.15, 0.2) is 0 Å². The topological polar surface area (TPSA) is 28.5 Å². The summed E-state index contributed by atoms with van der Waals surface area (Å²) >= 11 is 0. The average Bonchev–Trinajstić information content (AvgIpc) is 0. The van der Waals surface area contributed by atoms with Crippen LogP contribution in [0.2, 0.25) is 0 Å². The first-order valence-electron chi connectivity index (χ1n) is 0. The van der Waals surface area contributed by atoms with Crippen LogP contribution < -0.4 is 0 Å². The van der Waals surface area contributed by atoms with Crippen LogP contribution in [0, 0.1) is 0 Å². The van der Waals surface area contributed by atoms with Crippen molar-refractivity contribution in [2.75, 3.05) is 0 Å². The normalized spacial score (nSPS) is 0. The number of rotatable bonds is 0. The standard InChI is InChI=1S/Al.O.Sr.Ti/q+3;-2;+2;+4. The maximum absolute atomic E-state index is 0. The molecule has 0 aromatic carbocycles. The fourth-order valence-corrected chi connectivity index (χ4v) is 0. The third-order valence-corrected chi connectivity index (χ3v) is 0. The van der Waals surface area contributed by atoms with Crippen molar-refractivity contribution in [3.8, 4) is 0 Å². The molecule has 0 unspecified atom stereocenters. The summed E-state index contributed by atoms with van der Waals surface area (Å²) in [6, 6.07) is 0. The van der Waals surface area contributed by atoms with Gasteiger partial charge in [0.25, 0.3) is 0 Å². The van der Waals surface area contributed by atoms with Gasteiger partial charge in [-0.15, -0.1) is 0 Å². The minimum absolute atomic E-state index is 0. The van der Waals surface area contributed by atoms with Gasteiger partial charge in [-0.25, -0.2) is 0 Å². The largest absolute Gasteiger partial charge is 4.00 e. The van der Waals surface area contributed by atoms with Crippen molar-refractivity contribution in [1.29, 1.82) is 0 Å². The zero-order valence-corrected chi connectivity index (χ0v) is 8.39. The van der Waals surface area contributed by atoms with E-state index < -0.39 is 0 Å². The molecule has 4 heavy (non-hydrogen) atoms. The van der Waals surface area contributed by atoms with E-state index in [4.69, 9.17) is 0 Å². The molecule has 0 N–H and O–H groups in total. The van der Waals surface area contributed by atoms with Crippen molar-refractivity contribution in [3.63, 3.8) is 0 Å². The summed E-state index contributed by atoms with van der Waals surface area (Å²) in [6.45, 7) is 0. The Morgan fingerprint density at radius 1 is 1.00 bits per heavy atom. The van der Waals surface area contributed by atoms with Crippen LogP contribution in [-0.2, 0) is 27.2 Å². The van der Waals surface area contributed by atoms with Gasteiger partial charge < -0.3 is 5.48 Å². The molecular weight excluding hydrogens is 178 g/mol. The van der Waals surface area contributed by atoms with Gasteiger partial charge >= 0.3 is 84.6 Å². The van der Waals surface area contributed by atoms with Crippen molar-refractivity contribution >= 4 is 62.8 Å². The van der Waals surface area contributed by atoms with Crippen LogP contribution in [0.25, 0.3) is 0 Å². The van der Waals surface area contributed by atoms with E-state index in [9.17, 15) is 0 Å². The van der Waals surface area contributed by atoms with Gasteiger partial charge in [0.05, 0.1) is 0 Å². The Hall–Kier alpha value is 2.69. The van der Waals surface area contributed by atoms with Crippen LogP contribution in [0.4, 0.5) is 0 Å². The molecule has 0 aliphatic rings. The van der Waals surface area contributed by atoms with Gasteiger partial charge in [0.1, 0.15) is 0 Å². The molecule has 0 amide bonds. The second-order valence-electron chi connectivity index (χ2n) is 0. The molecule has 0 aliphatic heterocycles. The zero-order valence-electron chi connectivity index (χ0n) is 2.19. The third kappa shape index (κ3) is 8.82. The van der Waals surface area contributed by atoms with Gasteiger partial charge in [0.2, 0.25) is 0 Å². The fourth-order valence-electron chi connectivity index (χ4n) is 0. The smallest absolute Gasteiger partial charge is 2.00 e. The summed E-state index contributed by atoms with van der Waals surface area (Å²) in [7, 11) is 0. The van der Waals surface area contributed by atoms with E-state index in [0.29, 0.717) is 0 Å². The maximum atomic E-state index is 0. The molecule has 0 aliphatic carbocycles. The van der Waals surface area contributed by atoms with Gasteiger partial charge in [-0.2, -0.15) is 0 Å². The Morgan fingerprint density at radius 3 is 1.00 bits per heavy atom. The van der Waals surface area contributed by atoms with E-state index in [0.717, 1.165) is 0 Å². The van der Waals surface area contributed by atoms with Crippen molar-refractivity contribution in [1.82, 2.24) is 0 Å². The van der Waals surface area contributed by atoms with Crippen molar-refractivity contribution in [2.45, 2.75) is 0 Å². The Morgan fingerprint density at radius 2 is 1.00 bits per heavy atom. The Bertz CT molecular complexity index is 8.00. The van der Waals surface area contributed by atoms with Gasteiger partial charge in [0.15, 0.2) is 0 Å². The molecule has 0 aromatic rings. The number of hydrogen-bond donors (Lipinski definition) is 0. The average molecular weight is 178 g/mol. The molecule has 0 bridgehead atoms. The summed E-state index contributed by atoms with van der Waals surface area (Å²) in [4.78, 5) is 0. The first kappa shape index (κ1) is 30.0. The van der Waals surface area contributed by atoms with Crippen LogP contribution >= 0.6 is 0 Å².